The van der Waals surface area contributed by atoms with Gasteiger partial charge in [-0.25, -0.2) is 0 Å². The number of nitrogens with one attached hydrogen (secondary N) is 2. The molecule has 1 aromatic carbocycles. The zero-order valence-corrected chi connectivity index (χ0v) is 13.0. The minimum Gasteiger partial charge on any atom is -0.350 e. The first-order chi connectivity index (χ1) is 10.8. The largest absolute Gasteiger partial charge is 0.350 e. The molecule has 1 saturated carbocycles. The molecule has 1 aliphatic carbocycles. The van der Waals surface area contributed by atoms with Crippen molar-refractivity contribution in [2.24, 2.45) is 0 Å². The quantitative estimate of drug-likeness (QED) is 0.833. The Hall–Kier alpha value is -2.17. The molecule has 3 rings (SSSR count). The van der Waals surface area contributed by atoms with Gasteiger partial charge in [-0.3, -0.25) is 0 Å². The van der Waals surface area contributed by atoms with Gasteiger partial charge in [0.05, 0.1) is 6.20 Å². The SMILES string of the molecule is Cc1ccc(Nc2cnnc(NC3CCCCCC3)n2)cc1. The van der Waals surface area contributed by atoms with Crippen molar-refractivity contribution < 1.29 is 0 Å². The number of aromatic nitrogens is 3. The van der Waals surface area contributed by atoms with E-state index in [0.29, 0.717) is 12.0 Å². The molecule has 116 valence electrons. The number of rotatable bonds is 4. The van der Waals surface area contributed by atoms with E-state index in [-0.39, 0.29) is 0 Å². The van der Waals surface area contributed by atoms with Crippen LogP contribution in [-0.4, -0.2) is 21.2 Å². The molecule has 1 aliphatic rings. The molecule has 0 radical (unpaired) electrons. The fourth-order valence-electron chi connectivity index (χ4n) is 2.82. The van der Waals surface area contributed by atoms with Gasteiger partial charge in [-0.1, -0.05) is 43.4 Å². The zero-order valence-electron chi connectivity index (χ0n) is 13.0. The smallest absolute Gasteiger partial charge is 0.244 e. The van der Waals surface area contributed by atoms with E-state index in [1.807, 2.05) is 12.1 Å². The Morgan fingerprint density at radius 1 is 1.00 bits per heavy atom. The average Bonchev–Trinajstić information content (AvgIpc) is 2.79. The van der Waals surface area contributed by atoms with E-state index < -0.39 is 0 Å². The lowest BCUT2D eigenvalue weighted by atomic mass is 10.1. The van der Waals surface area contributed by atoms with Crippen LogP contribution >= 0.6 is 0 Å². The van der Waals surface area contributed by atoms with Crippen molar-refractivity contribution in [1.82, 2.24) is 15.2 Å². The standard InChI is InChI=1S/C17H23N5/c1-13-8-10-15(11-9-13)19-16-12-18-22-17(21-16)20-14-6-4-2-3-5-7-14/h8-12,14H,2-7H2,1H3,(H2,19,20,21,22). The average molecular weight is 297 g/mol. The van der Waals surface area contributed by atoms with Crippen LogP contribution in [0.2, 0.25) is 0 Å². The maximum Gasteiger partial charge on any atom is 0.244 e. The third-order valence-corrected chi connectivity index (χ3v) is 4.07. The summed E-state index contributed by atoms with van der Waals surface area (Å²) in [6.07, 6.45) is 9.29. The number of benzene rings is 1. The van der Waals surface area contributed by atoms with Gasteiger partial charge < -0.3 is 10.6 Å². The first kappa shape index (κ1) is 14.8. The maximum atomic E-state index is 4.52. The van der Waals surface area contributed by atoms with Crippen molar-refractivity contribution in [3.63, 3.8) is 0 Å². The molecule has 0 spiro atoms. The summed E-state index contributed by atoms with van der Waals surface area (Å²) in [5, 5.41) is 14.9. The van der Waals surface area contributed by atoms with Crippen LogP contribution in [0.4, 0.5) is 17.5 Å². The Balaban J connectivity index is 1.65. The van der Waals surface area contributed by atoms with Crippen LogP contribution in [0, 0.1) is 6.92 Å². The number of hydrogen-bond donors (Lipinski definition) is 2. The van der Waals surface area contributed by atoms with Crippen molar-refractivity contribution >= 4 is 17.5 Å². The van der Waals surface area contributed by atoms with E-state index in [2.05, 4.69) is 44.9 Å². The highest BCUT2D eigenvalue weighted by molar-refractivity contribution is 5.56. The minimum absolute atomic E-state index is 0.471. The Kier molecular flexibility index (Phi) is 4.83. The van der Waals surface area contributed by atoms with Crippen LogP contribution in [0.25, 0.3) is 0 Å². The lowest BCUT2D eigenvalue weighted by Gasteiger charge is -2.16. The predicted molar refractivity (Wildman–Crippen MR) is 89.4 cm³/mol. The van der Waals surface area contributed by atoms with Crippen molar-refractivity contribution in [1.29, 1.82) is 0 Å². The molecule has 22 heavy (non-hydrogen) atoms. The zero-order chi connectivity index (χ0) is 15.2. The summed E-state index contributed by atoms with van der Waals surface area (Å²) >= 11 is 0. The van der Waals surface area contributed by atoms with Gasteiger partial charge in [0.2, 0.25) is 5.95 Å². The number of aryl methyl sites for hydroxylation is 1. The van der Waals surface area contributed by atoms with Gasteiger partial charge in [0.15, 0.2) is 5.82 Å². The lowest BCUT2D eigenvalue weighted by molar-refractivity contribution is 0.613. The van der Waals surface area contributed by atoms with E-state index in [1.165, 1.54) is 44.1 Å². The van der Waals surface area contributed by atoms with Crippen LogP contribution in [0.3, 0.4) is 0 Å². The van der Waals surface area contributed by atoms with Crippen molar-refractivity contribution in [3.8, 4) is 0 Å². The molecule has 0 unspecified atom stereocenters. The normalized spacial score (nSPS) is 16.0. The molecular formula is C17H23N5. The van der Waals surface area contributed by atoms with E-state index >= 15 is 0 Å². The molecule has 1 aromatic heterocycles. The molecule has 0 bridgehead atoms. The van der Waals surface area contributed by atoms with Gasteiger partial charge in [-0.05, 0) is 31.9 Å². The number of hydrogen-bond acceptors (Lipinski definition) is 5. The highest BCUT2D eigenvalue weighted by Gasteiger charge is 2.13. The van der Waals surface area contributed by atoms with Gasteiger partial charge >= 0.3 is 0 Å². The van der Waals surface area contributed by atoms with E-state index in [4.69, 9.17) is 0 Å². The molecule has 5 heteroatoms. The Morgan fingerprint density at radius 3 is 2.45 bits per heavy atom. The van der Waals surface area contributed by atoms with Gasteiger partial charge in [0.25, 0.3) is 0 Å². The lowest BCUT2D eigenvalue weighted by Crippen LogP contribution is -2.20. The predicted octanol–water partition coefficient (Wildman–Crippen LogP) is 4.06. The summed E-state index contributed by atoms with van der Waals surface area (Å²) in [6, 6.07) is 8.69. The highest BCUT2D eigenvalue weighted by Crippen LogP contribution is 2.20. The Morgan fingerprint density at radius 2 is 1.73 bits per heavy atom. The fourth-order valence-corrected chi connectivity index (χ4v) is 2.82. The molecular weight excluding hydrogens is 274 g/mol. The molecule has 0 atom stereocenters. The molecule has 1 fully saturated rings. The topological polar surface area (TPSA) is 62.7 Å². The molecule has 0 saturated heterocycles. The van der Waals surface area contributed by atoms with Crippen LogP contribution in [0.15, 0.2) is 30.5 Å². The van der Waals surface area contributed by atoms with E-state index in [1.54, 1.807) is 6.20 Å². The number of nitrogens with zero attached hydrogens (tertiary/aromatic N) is 3. The molecule has 0 amide bonds. The van der Waals surface area contributed by atoms with Crippen LogP contribution in [0.5, 0.6) is 0 Å². The fraction of sp³-hybridized carbons (Fsp3) is 0.471. The molecule has 2 aromatic rings. The Labute approximate surface area is 131 Å². The highest BCUT2D eigenvalue weighted by atomic mass is 15.3. The monoisotopic (exact) mass is 297 g/mol. The maximum absolute atomic E-state index is 4.52. The summed E-state index contributed by atoms with van der Waals surface area (Å²) in [6.45, 7) is 2.07. The van der Waals surface area contributed by atoms with Gasteiger partial charge in [0, 0.05) is 11.7 Å². The molecule has 0 aliphatic heterocycles. The Bertz CT molecular complexity index is 588. The van der Waals surface area contributed by atoms with Crippen LogP contribution in [0.1, 0.15) is 44.1 Å². The van der Waals surface area contributed by atoms with Crippen LogP contribution < -0.4 is 10.6 Å². The first-order valence-corrected chi connectivity index (χ1v) is 8.09. The minimum atomic E-state index is 0.471. The second-order valence-electron chi connectivity index (χ2n) is 5.99. The third kappa shape index (κ3) is 4.16. The summed E-state index contributed by atoms with van der Waals surface area (Å²) in [4.78, 5) is 4.52. The molecule has 2 N–H and O–H groups in total. The summed E-state index contributed by atoms with van der Waals surface area (Å²) in [5.74, 6) is 1.33. The van der Waals surface area contributed by atoms with Crippen molar-refractivity contribution in [2.75, 3.05) is 10.6 Å². The molecule has 5 nitrogen and oxygen atoms in total. The van der Waals surface area contributed by atoms with E-state index in [9.17, 15) is 0 Å². The van der Waals surface area contributed by atoms with E-state index in [0.717, 1.165) is 11.5 Å². The second-order valence-corrected chi connectivity index (χ2v) is 5.99. The molecule has 1 heterocycles. The first-order valence-electron chi connectivity index (χ1n) is 8.09. The van der Waals surface area contributed by atoms with Gasteiger partial charge in [0.1, 0.15) is 0 Å². The van der Waals surface area contributed by atoms with Crippen molar-refractivity contribution in [3.05, 3.63) is 36.0 Å². The van der Waals surface area contributed by atoms with Gasteiger partial charge in [-0.15, -0.1) is 5.10 Å². The summed E-state index contributed by atoms with van der Waals surface area (Å²) in [7, 11) is 0. The third-order valence-electron chi connectivity index (χ3n) is 4.07. The number of anilines is 3. The van der Waals surface area contributed by atoms with Gasteiger partial charge in [-0.2, -0.15) is 10.1 Å². The second kappa shape index (κ2) is 7.20. The van der Waals surface area contributed by atoms with Crippen LogP contribution in [-0.2, 0) is 0 Å². The van der Waals surface area contributed by atoms with Crippen molar-refractivity contribution in [2.45, 2.75) is 51.5 Å². The summed E-state index contributed by atoms with van der Waals surface area (Å²) in [5.41, 5.74) is 2.24. The summed E-state index contributed by atoms with van der Waals surface area (Å²) < 4.78 is 0.